The molecule has 0 bridgehead atoms. The summed E-state index contributed by atoms with van der Waals surface area (Å²) < 4.78 is 27.0. The summed E-state index contributed by atoms with van der Waals surface area (Å²) in [5.41, 5.74) is 1.01. The van der Waals surface area contributed by atoms with Crippen molar-refractivity contribution >= 4 is 39.1 Å². The zero-order chi connectivity index (χ0) is 21.7. The first kappa shape index (κ1) is 22.3. The Kier molecular flexibility index (Phi) is 7.12. The first-order valence-electron chi connectivity index (χ1n) is 9.69. The van der Waals surface area contributed by atoms with Crippen molar-refractivity contribution in [2.24, 2.45) is 0 Å². The molecule has 1 aliphatic rings. The van der Waals surface area contributed by atoms with Crippen molar-refractivity contribution in [3.05, 3.63) is 59.1 Å². The second kappa shape index (κ2) is 9.59. The van der Waals surface area contributed by atoms with Crippen LogP contribution >= 0.6 is 11.6 Å². The summed E-state index contributed by atoms with van der Waals surface area (Å²) in [6.07, 6.45) is 1.64. The van der Waals surface area contributed by atoms with Gasteiger partial charge in [0.05, 0.1) is 28.1 Å². The highest BCUT2D eigenvalue weighted by Gasteiger charge is 2.28. The lowest BCUT2D eigenvalue weighted by molar-refractivity contribution is -0.120. The minimum atomic E-state index is -3.63. The maximum absolute atomic E-state index is 12.8. The van der Waals surface area contributed by atoms with Crippen LogP contribution in [0.2, 0.25) is 5.02 Å². The zero-order valence-corrected chi connectivity index (χ0v) is 18.2. The van der Waals surface area contributed by atoms with Gasteiger partial charge in [-0.2, -0.15) is 4.31 Å². The predicted molar refractivity (Wildman–Crippen MR) is 116 cm³/mol. The Hall–Kier alpha value is -2.42. The Morgan fingerprint density at radius 1 is 1.10 bits per heavy atom. The minimum absolute atomic E-state index is 0.0248. The average Bonchev–Trinajstić information content (AvgIpc) is 3.25. The molecule has 160 valence electrons. The lowest BCUT2D eigenvalue weighted by atomic mass is 10.0. The summed E-state index contributed by atoms with van der Waals surface area (Å²) in [6, 6.07) is 12.9. The fourth-order valence-electron chi connectivity index (χ4n) is 3.41. The van der Waals surface area contributed by atoms with E-state index in [0.29, 0.717) is 13.1 Å². The van der Waals surface area contributed by atoms with Gasteiger partial charge in [-0.1, -0.05) is 41.9 Å². The van der Waals surface area contributed by atoms with E-state index < -0.39 is 22.0 Å². The van der Waals surface area contributed by atoms with Crippen molar-refractivity contribution in [3.63, 3.8) is 0 Å². The van der Waals surface area contributed by atoms with Gasteiger partial charge >= 0.3 is 0 Å². The molecule has 0 aliphatic carbocycles. The number of anilines is 1. The standard InChI is InChI=1S/C21H24ClN3O4S/c1-15(26)23-19(16-7-3-2-4-8-16)14-21(27)24-20-13-17(9-10-18(20)22)30(28,29)25-11-5-6-12-25/h2-4,7-10,13,19H,5-6,11-12,14H2,1H3,(H,23,26)(H,24,27)/t19-/m0/s1. The SMILES string of the molecule is CC(=O)N[C@@H](CC(=O)Nc1cc(S(=O)(=O)N2CCCC2)ccc1Cl)c1ccccc1. The molecule has 30 heavy (non-hydrogen) atoms. The molecule has 3 rings (SSSR count). The fraction of sp³-hybridized carbons (Fsp3) is 0.333. The molecule has 1 heterocycles. The second-order valence-electron chi connectivity index (χ2n) is 7.17. The number of hydrogen-bond donors (Lipinski definition) is 2. The lowest BCUT2D eigenvalue weighted by Crippen LogP contribution is -2.30. The molecule has 7 nitrogen and oxygen atoms in total. The smallest absolute Gasteiger partial charge is 0.243 e. The van der Waals surface area contributed by atoms with Crippen LogP contribution in [0.5, 0.6) is 0 Å². The van der Waals surface area contributed by atoms with Gasteiger partial charge in [-0.25, -0.2) is 8.42 Å². The molecule has 0 saturated carbocycles. The number of amides is 2. The predicted octanol–water partition coefficient (Wildman–Crippen LogP) is 3.33. The van der Waals surface area contributed by atoms with Crippen LogP contribution in [0.4, 0.5) is 5.69 Å². The van der Waals surface area contributed by atoms with E-state index in [4.69, 9.17) is 11.6 Å². The van der Waals surface area contributed by atoms with Crippen LogP contribution < -0.4 is 10.6 Å². The number of nitrogens with zero attached hydrogens (tertiary/aromatic N) is 1. The molecule has 1 atom stereocenters. The van der Waals surface area contributed by atoms with Crippen molar-refractivity contribution < 1.29 is 18.0 Å². The Morgan fingerprint density at radius 2 is 1.77 bits per heavy atom. The molecule has 1 fully saturated rings. The summed E-state index contributed by atoms with van der Waals surface area (Å²) in [6.45, 7) is 2.36. The van der Waals surface area contributed by atoms with Crippen LogP contribution in [0.1, 0.15) is 37.8 Å². The Balaban J connectivity index is 1.77. The maximum atomic E-state index is 12.8. The Bertz CT molecular complexity index is 1020. The lowest BCUT2D eigenvalue weighted by Gasteiger charge is -2.19. The molecule has 2 amide bonds. The summed E-state index contributed by atoms with van der Waals surface area (Å²) in [5.74, 6) is -0.649. The molecular weight excluding hydrogens is 426 g/mol. The summed E-state index contributed by atoms with van der Waals surface area (Å²) >= 11 is 6.20. The number of benzene rings is 2. The third kappa shape index (κ3) is 5.38. The first-order chi connectivity index (χ1) is 14.3. The molecule has 2 N–H and O–H groups in total. The van der Waals surface area contributed by atoms with Gasteiger partial charge in [0.1, 0.15) is 0 Å². The van der Waals surface area contributed by atoms with E-state index in [1.54, 1.807) is 0 Å². The van der Waals surface area contributed by atoms with Gasteiger partial charge in [-0.15, -0.1) is 0 Å². The highest BCUT2D eigenvalue weighted by atomic mass is 35.5. The highest BCUT2D eigenvalue weighted by Crippen LogP contribution is 2.29. The van der Waals surface area contributed by atoms with E-state index in [1.165, 1.54) is 29.4 Å². The van der Waals surface area contributed by atoms with Gasteiger partial charge in [0.15, 0.2) is 0 Å². The number of nitrogens with one attached hydrogen (secondary N) is 2. The van der Waals surface area contributed by atoms with Crippen LogP contribution in [0.3, 0.4) is 0 Å². The van der Waals surface area contributed by atoms with Gasteiger partial charge in [0.25, 0.3) is 0 Å². The molecule has 9 heteroatoms. The van der Waals surface area contributed by atoms with E-state index in [-0.39, 0.29) is 27.9 Å². The molecule has 1 saturated heterocycles. The van der Waals surface area contributed by atoms with Gasteiger partial charge in [0.2, 0.25) is 21.8 Å². The summed E-state index contributed by atoms with van der Waals surface area (Å²) in [7, 11) is -3.63. The molecular formula is C21H24ClN3O4S. The van der Waals surface area contributed by atoms with Crippen LogP contribution in [0.25, 0.3) is 0 Å². The Morgan fingerprint density at radius 3 is 2.40 bits per heavy atom. The molecule has 0 aromatic heterocycles. The Labute approximate surface area is 181 Å². The van der Waals surface area contributed by atoms with E-state index in [1.807, 2.05) is 30.3 Å². The van der Waals surface area contributed by atoms with Crippen molar-refractivity contribution in [1.82, 2.24) is 9.62 Å². The van der Waals surface area contributed by atoms with E-state index in [0.717, 1.165) is 18.4 Å². The number of hydrogen-bond acceptors (Lipinski definition) is 4. The van der Waals surface area contributed by atoms with Crippen molar-refractivity contribution in [1.29, 1.82) is 0 Å². The third-order valence-corrected chi connectivity index (χ3v) is 7.11. The molecule has 0 unspecified atom stereocenters. The highest BCUT2D eigenvalue weighted by molar-refractivity contribution is 7.89. The minimum Gasteiger partial charge on any atom is -0.349 e. The normalized spacial score (nSPS) is 15.5. The first-order valence-corrected chi connectivity index (χ1v) is 11.5. The molecule has 1 aliphatic heterocycles. The summed E-state index contributed by atoms with van der Waals surface area (Å²) in [5, 5.41) is 5.68. The topological polar surface area (TPSA) is 95.6 Å². The van der Waals surface area contributed by atoms with Gasteiger partial charge in [-0.3, -0.25) is 9.59 Å². The summed E-state index contributed by atoms with van der Waals surface area (Å²) in [4.78, 5) is 24.3. The maximum Gasteiger partial charge on any atom is 0.243 e. The average molecular weight is 450 g/mol. The molecule has 2 aromatic rings. The van der Waals surface area contributed by atoms with Gasteiger partial charge < -0.3 is 10.6 Å². The number of halogens is 1. The fourth-order valence-corrected chi connectivity index (χ4v) is 5.12. The van der Waals surface area contributed by atoms with Crippen LogP contribution in [-0.4, -0.2) is 37.6 Å². The quantitative estimate of drug-likeness (QED) is 0.677. The number of sulfonamides is 1. The van der Waals surface area contributed by atoms with E-state index in [9.17, 15) is 18.0 Å². The number of rotatable bonds is 7. The van der Waals surface area contributed by atoms with E-state index in [2.05, 4.69) is 10.6 Å². The van der Waals surface area contributed by atoms with Crippen molar-refractivity contribution in [3.8, 4) is 0 Å². The monoisotopic (exact) mass is 449 g/mol. The zero-order valence-electron chi connectivity index (χ0n) is 16.6. The molecule has 0 radical (unpaired) electrons. The largest absolute Gasteiger partial charge is 0.349 e. The molecule has 0 spiro atoms. The second-order valence-corrected chi connectivity index (χ2v) is 9.51. The van der Waals surface area contributed by atoms with Crippen LogP contribution in [0, 0.1) is 0 Å². The van der Waals surface area contributed by atoms with Crippen molar-refractivity contribution in [2.75, 3.05) is 18.4 Å². The van der Waals surface area contributed by atoms with Crippen molar-refractivity contribution in [2.45, 2.75) is 37.1 Å². The van der Waals surface area contributed by atoms with Gasteiger partial charge in [0, 0.05) is 20.0 Å². The van der Waals surface area contributed by atoms with Crippen LogP contribution in [-0.2, 0) is 19.6 Å². The number of carbonyl (C=O) groups excluding carboxylic acids is 2. The molecule has 2 aromatic carbocycles. The number of carbonyl (C=O) groups is 2. The van der Waals surface area contributed by atoms with Gasteiger partial charge in [-0.05, 0) is 36.6 Å². The third-order valence-electron chi connectivity index (χ3n) is 4.88. The van der Waals surface area contributed by atoms with E-state index >= 15 is 0 Å². The van der Waals surface area contributed by atoms with Crippen LogP contribution in [0.15, 0.2) is 53.4 Å².